The second-order valence-electron chi connectivity index (χ2n) is 6.04. The first kappa shape index (κ1) is 19.5. The van der Waals surface area contributed by atoms with Crippen molar-refractivity contribution in [1.29, 1.82) is 0 Å². The van der Waals surface area contributed by atoms with E-state index in [-0.39, 0.29) is 17.2 Å². The van der Waals surface area contributed by atoms with Crippen molar-refractivity contribution in [2.24, 2.45) is 0 Å². The second-order valence-corrected chi connectivity index (χ2v) is 7.39. The summed E-state index contributed by atoms with van der Waals surface area (Å²) in [6, 6.07) is 14.4. The number of carbonyl (C=O) groups is 1. The Morgan fingerprint density at radius 2 is 1.93 bits per heavy atom. The van der Waals surface area contributed by atoms with Crippen molar-refractivity contribution >= 4 is 45.9 Å². The van der Waals surface area contributed by atoms with E-state index in [1.165, 1.54) is 11.8 Å². The van der Waals surface area contributed by atoms with Crippen LogP contribution < -0.4 is 10.9 Å². The Balaban J connectivity index is 1.81. The molecular weight excluding hydrogens is 382 g/mol. The van der Waals surface area contributed by atoms with Crippen molar-refractivity contribution in [3.8, 4) is 0 Å². The van der Waals surface area contributed by atoms with Gasteiger partial charge >= 0.3 is 0 Å². The lowest BCUT2D eigenvalue weighted by Gasteiger charge is -2.13. The average molecular weight is 402 g/mol. The Morgan fingerprint density at radius 3 is 2.70 bits per heavy atom. The van der Waals surface area contributed by atoms with Crippen molar-refractivity contribution in [2.75, 3.05) is 11.1 Å². The van der Waals surface area contributed by atoms with E-state index in [0.717, 1.165) is 12.8 Å². The number of halogens is 1. The molecule has 0 aliphatic heterocycles. The minimum atomic E-state index is -0.197. The molecule has 1 amide bonds. The molecular formula is C20H20ClN3O2S. The first-order valence-corrected chi connectivity index (χ1v) is 10.1. The minimum absolute atomic E-state index is 0.0666. The van der Waals surface area contributed by atoms with Crippen LogP contribution in [0, 0.1) is 0 Å². The Hall–Kier alpha value is -2.31. The van der Waals surface area contributed by atoms with Crippen LogP contribution in [0.4, 0.5) is 5.69 Å². The summed E-state index contributed by atoms with van der Waals surface area (Å²) in [5.41, 5.74) is 1.15. The number of benzene rings is 2. The van der Waals surface area contributed by atoms with E-state index in [1.807, 2.05) is 24.3 Å². The summed E-state index contributed by atoms with van der Waals surface area (Å²) >= 11 is 7.33. The topological polar surface area (TPSA) is 64.0 Å². The number of para-hydroxylation sites is 2. The lowest BCUT2D eigenvalue weighted by Crippen LogP contribution is -2.24. The van der Waals surface area contributed by atoms with Gasteiger partial charge in [0.25, 0.3) is 5.56 Å². The van der Waals surface area contributed by atoms with Gasteiger partial charge in [0.05, 0.1) is 27.4 Å². The molecule has 0 radical (unpaired) electrons. The van der Waals surface area contributed by atoms with Gasteiger partial charge in [0.2, 0.25) is 5.91 Å². The molecule has 0 unspecified atom stereocenters. The maximum atomic E-state index is 12.8. The summed E-state index contributed by atoms with van der Waals surface area (Å²) < 4.78 is 1.67. The molecule has 0 saturated carbocycles. The van der Waals surface area contributed by atoms with Gasteiger partial charge in [-0.15, -0.1) is 0 Å². The maximum absolute atomic E-state index is 12.8. The number of carbonyl (C=O) groups excluding carboxylic acids is 1. The number of nitrogens with zero attached hydrogens (tertiary/aromatic N) is 2. The van der Waals surface area contributed by atoms with Gasteiger partial charge < -0.3 is 5.32 Å². The van der Waals surface area contributed by atoms with Crippen molar-refractivity contribution in [2.45, 2.75) is 31.5 Å². The van der Waals surface area contributed by atoms with Crippen LogP contribution >= 0.6 is 23.4 Å². The molecule has 1 heterocycles. The van der Waals surface area contributed by atoms with Crippen LogP contribution in [0.1, 0.15) is 19.8 Å². The van der Waals surface area contributed by atoms with E-state index in [0.29, 0.717) is 33.3 Å². The second kappa shape index (κ2) is 9.06. The van der Waals surface area contributed by atoms with Crippen molar-refractivity contribution < 1.29 is 4.79 Å². The Kier molecular flexibility index (Phi) is 6.53. The third kappa shape index (κ3) is 4.70. The number of amides is 1. The molecule has 0 bridgehead atoms. The van der Waals surface area contributed by atoms with Gasteiger partial charge in [0.15, 0.2) is 5.16 Å². The molecule has 0 aliphatic rings. The normalized spacial score (nSPS) is 10.9. The fourth-order valence-electron chi connectivity index (χ4n) is 2.65. The number of nitrogens with one attached hydrogen (secondary N) is 1. The number of hydrogen-bond acceptors (Lipinski definition) is 4. The third-order valence-corrected chi connectivity index (χ3v) is 5.35. The lowest BCUT2D eigenvalue weighted by molar-refractivity contribution is -0.113. The van der Waals surface area contributed by atoms with E-state index in [4.69, 9.17) is 11.6 Å². The SMILES string of the molecule is CCCCn1c(SCC(=O)Nc2ccccc2Cl)nc2ccccc2c1=O. The Bertz CT molecular complexity index is 1020. The van der Waals surface area contributed by atoms with Gasteiger partial charge in [-0.25, -0.2) is 4.98 Å². The molecule has 1 aromatic heterocycles. The molecule has 1 N–H and O–H groups in total. The standard InChI is InChI=1S/C20H20ClN3O2S/c1-2-3-12-24-19(26)14-8-4-6-10-16(14)23-20(24)27-13-18(25)22-17-11-7-5-9-15(17)21/h4-11H,2-3,12-13H2,1H3,(H,22,25). The largest absolute Gasteiger partial charge is 0.324 e. The molecule has 0 fully saturated rings. The van der Waals surface area contributed by atoms with E-state index < -0.39 is 0 Å². The highest BCUT2D eigenvalue weighted by Gasteiger charge is 2.13. The fourth-order valence-corrected chi connectivity index (χ4v) is 3.66. The summed E-state index contributed by atoms with van der Waals surface area (Å²) in [5, 5.41) is 4.43. The van der Waals surface area contributed by atoms with Crippen molar-refractivity contribution in [1.82, 2.24) is 9.55 Å². The van der Waals surface area contributed by atoms with Crippen molar-refractivity contribution in [3.05, 3.63) is 63.9 Å². The summed E-state index contributed by atoms with van der Waals surface area (Å²) in [7, 11) is 0. The zero-order valence-electron chi connectivity index (χ0n) is 14.9. The molecule has 3 aromatic rings. The Labute approximate surface area is 166 Å². The predicted octanol–water partition coefficient (Wildman–Crippen LogP) is 4.58. The molecule has 2 aromatic carbocycles. The van der Waals surface area contributed by atoms with Gasteiger partial charge in [-0.1, -0.05) is 61.0 Å². The van der Waals surface area contributed by atoms with Crippen LogP contribution in [0.25, 0.3) is 10.9 Å². The monoisotopic (exact) mass is 401 g/mol. The van der Waals surface area contributed by atoms with Crippen LogP contribution in [0.2, 0.25) is 5.02 Å². The molecule has 0 saturated heterocycles. The summed E-state index contributed by atoms with van der Waals surface area (Å²) in [6.45, 7) is 2.66. The zero-order valence-corrected chi connectivity index (χ0v) is 16.5. The fraction of sp³-hybridized carbons (Fsp3) is 0.250. The van der Waals surface area contributed by atoms with E-state index in [1.54, 1.807) is 28.8 Å². The average Bonchev–Trinajstić information content (AvgIpc) is 2.68. The highest BCUT2D eigenvalue weighted by atomic mass is 35.5. The van der Waals surface area contributed by atoms with Crippen molar-refractivity contribution in [3.63, 3.8) is 0 Å². The molecule has 5 nitrogen and oxygen atoms in total. The summed E-state index contributed by atoms with van der Waals surface area (Å²) in [4.78, 5) is 29.7. The van der Waals surface area contributed by atoms with Crippen LogP contribution in [-0.4, -0.2) is 21.2 Å². The molecule has 140 valence electrons. The first-order chi connectivity index (χ1) is 13.1. The van der Waals surface area contributed by atoms with Gasteiger partial charge in [0, 0.05) is 6.54 Å². The summed E-state index contributed by atoms with van der Waals surface area (Å²) in [6.07, 6.45) is 1.84. The smallest absolute Gasteiger partial charge is 0.262 e. The van der Waals surface area contributed by atoms with Crippen LogP contribution in [0.5, 0.6) is 0 Å². The predicted molar refractivity (Wildman–Crippen MR) is 112 cm³/mol. The molecule has 0 aliphatic carbocycles. The van der Waals surface area contributed by atoms with Gasteiger partial charge in [-0.2, -0.15) is 0 Å². The molecule has 3 rings (SSSR count). The van der Waals surface area contributed by atoms with E-state index in [9.17, 15) is 9.59 Å². The zero-order chi connectivity index (χ0) is 19.2. The van der Waals surface area contributed by atoms with Gasteiger partial charge in [-0.3, -0.25) is 14.2 Å². The number of rotatable bonds is 7. The van der Waals surface area contributed by atoms with Gasteiger partial charge in [-0.05, 0) is 30.7 Å². The maximum Gasteiger partial charge on any atom is 0.262 e. The van der Waals surface area contributed by atoms with E-state index >= 15 is 0 Å². The molecule has 27 heavy (non-hydrogen) atoms. The number of anilines is 1. The lowest BCUT2D eigenvalue weighted by atomic mass is 10.2. The van der Waals surface area contributed by atoms with Crippen LogP contribution in [0.15, 0.2) is 58.5 Å². The quantitative estimate of drug-likeness (QED) is 0.465. The van der Waals surface area contributed by atoms with Gasteiger partial charge in [0.1, 0.15) is 0 Å². The Morgan fingerprint density at radius 1 is 1.19 bits per heavy atom. The molecule has 0 spiro atoms. The molecule has 0 atom stereocenters. The third-order valence-electron chi connectivity index (χ3n) is 4.04. The number of unbranched alkanes of at least 4 members (excludes halogenated alkanes) is 1. The molecule has 7 heteroatoms. The number of thioether (sulfide) groups is 1. The number of fused-ring (bicyclic) bond motifs is 1. The first-order valence-electron chi connectivity index (χ1n) is 8.77. The van der Waals surface area contributed by atoms with Crippen LogP contribution in [0.3, 0.4) is 0 Å². The minimum Gasteiger partial charge on any atom is -0.324 e. The number of aromatic nitrogens is 2. The summed E-state index contributed by atoms with van der Waals surface area (Å²) in [5.74, 6) is -0.0557. The number of hydrogen-bond donors (Lipinski definition) is 1. The highest BCUT2D eigenvalue weighted by Crippen LogP contribution is 2.22. The van der Waals surface area contributed by atoms with Crippen LogP contribution in [-0.2, 0) is 11.3 Å². The highest BCUT2D eigenvalue weighted by molar-refractivity contribution is 7.99. The van der Waals surface area contributed by atoms with E-state index in [2.05, 4.69) is 17.2 Å².